The molecule has 1 aromatic carbocycles. The first-order valence-electron chi connectivity index (χ1n) is 8.63. The van der Waals surface area contributed by atoms with Crippen molar-refractivity contribution in [3.8, 4) is 0 Å². The molecule has 10 heteroatoms. The van der Waals surface area contributed by atoms with Crippen molar-refractivity contribution in [2.45, 2.75) is 19.1 Å². The maximum absolute atomic E-state index is 12.9. The maximum atomic E-state index is 12.9. The van der Waals surface area contributed by atoms with E-state index in [1.807, 2.05) is 0 Å². The van der Waals surface area contributed by atoms with E-state index in [4.69, 9.17) is 23.6 Å². The Balaban J connectivity index is 2.36. The number of ether oxygens (including phenoxy) is 4. The van der Waals surface area contributed by atoms with Gasteiger partial charge in [-0.2, -0.15) is 0 Å². The SMILES string of the molecule is COC(=O)C1=C(C)NC(C(OC)OC)=C(C(=O)OC)C1c1cccc2nonc12. The number of carbonyl (C=O) groups excluding carboxylic acids is 2. The van der Waals surface area contributed by atoms with E-state index in [0.29, 0.717) is 28.0 Å². The fourth-order valence-electron chi connectivity index (χ4n) is 3.46. The van der Waals surface area contributed by atoms with Crippen LogP contribution in [0.3, 0.4) is 0 Å². The number of fused-ring (bicyclic) bond motifs is 1. The van der Waals surface area contributed by atoms with Crippen LogP contribution >= 0.6 is 0 Å². The molecule has 0 amide bonds. The summed E-state index contributed by atoms with van der Waals surface area (Å²) in [4.78, 5) is 25.6. The highest BCUT2D eigenvalue weighted by Crippen LogP contribution is 2.42. The number of nitrogens with zero attached hydrogens (tertiary/aromatic N) is 2. The number of dihydropyridines is 1. The maximum Gasteiger partial charge on any atom is 0.336 e. The minimum atomic E-state index is -0.907. The van der Waals surface area contributed by atoms with Crippen molar-refractivity contribution >= 4 is 23.0 Å². The van der Waals surface area contributed by atoms with Gasteiger partial charge < -0.3 is 24.3 Å². The molecule has 10 nitrogen and oxygen atoms in total. The normalized spacial score (nSPS) is 17.0. The third kappa shape index (κ3) is 3.47. The zero-order chi connectivity index (χ0) is 21.1. The van der Waals surface area contributed by atoms with E-state index in [9.17, 15) is 9.59 Å². The number of methoxy groups -OCH3 is 4. The summed E-state index contributed by atoms with van der Waals surface area (Å²) >= 11 is 0. The second-order valence-electron chi connectivity index (χ2n) is 6.19. The monoisotopic (exact) mass is 403 g/mol. The molecular weight excluding hydrogens is 382 g/mol. The molecule has 0 aliphatic carbocycles. The van der Waals surface area contributed by atoms with Gasteiger partial charge in [-0.25, -0.2) is 14.2 Å². The number of hydrogen-bond acceptors (Lipinski definition) is 10. The Morgan fingerprint density at radius 1 is 1.03 bits per heavy atom. The van der Waals surface area contributed by atoms with E-state index in [1.165, 1.54) is 28.4 Å². The molecule has 0 saturated heterocycles. The largest absolute Gasteiger partial charge is 0.466 e. The number of esters is 2. The van der Waals surface area contributed by atoms with Crippen LogP contribution in [0, 0.1) is 0 Å². The molecule has 1 atom stereocenters. The first-order chi connectivity index (χ1) is 14.0. The van der Waals surface area contributed by atoms with Crippen LogP contribution < -0.4 is 5.32 Å². The Bertz CT molecular complexity index is 1000. The topological polar surface area (TPSA) is 122 Å². The Morgan fingerprint density at radius 2 is 1.69 bits per heavy atom. The lowest BCUT2D eigenvalue weighted by atomic mass is 9.79. The van der Waals surface area contributed by atoms with E-state index in [-0.39, 0.29) is 11.1 Å². The summed E-state index contributed by atoms with van der Waals surface area (Å²) in [6.45, 7) is 1.69. The van der Waals surface area contributed by atoms with Crippen molar-refractivity contribution in [3.05, 3.63) is 46.3 Å². The summed E-state index contributed by atoms with van der Waals surface area (Å²) in [6, 6.07) is 5.17. The number of carbonyl (C=O) groups is 2. The zero-order valence-electron chi connectivity index (χ0n) is 16.6. The Hall–Kier alpha value is -3.24. The van der Waals surface area contributed by atoms with Crippen molar-refractivity contribution in [1.82, 2.24) is 15.6 Å². The lowest BCUT2D eigenvalue weighted by Crippen LogP contribution is -2.38. The molecule has 0 fully saturated rings. The van der Waals surface area contributed by atoms with Crippen LogP contribution in [0.25, 0.3) is 11.0 Å². The van der Waals surface area contributed by atoms with E-state index in [1.54, 1.807) is 25.1 Å². The molecule has 2 heterocycles. The number of aromatic nitrogens is 2. The summed E-state index contributed by atoms with van der Waals surface area (Å²) < 4.78 is 25.6. The van der Waals surface area contributed by atoms with Crippen molar-refractivity contribution < 1.29 is 33.2 Å². The van der Waals surface area contributed by atoms with Crippen molar-refractivity contribution in [1.29, 1.82) is 0 Å². The van der Waals surface area contributed by atoms with Crippen LogP contribution in [0.5, 0.6) is 0 Å². The van der Waals surface area contributed by atoms with E-state index in [2.05, 4.69) is 15.6 Å². The second-order valence-corrected chi connectivity index (χ2v) is 6.19. The van der Waals surface area contributed by atoms with Crippen LogP contribution in [0.15, 0.2) is 45.4 Å². The first-order valence-corrected chi connectivity index (χ1v) is 8.63. The highest BCUT2D eigenvalue weighted by Gasteiger charge is 2.41. The van der Waals surface area contributed by atoms with E-state index < -0.39 is 24.1 Å². The van der Waals surface area contributed by atoms with Gasteiger partial charge in [0.25, 0.3) is 0 Å². The van der Waals surface area contributed by atoms with Gasteiger partial charge in [0.1, 0.15) is 11.0 Å². The lowest BCUT2D eigenvalue weighted by molar-refractivity contribution is -0.137. The predicted molar refractivity (Wildman–Crippen MR) is 99.2 cm³/mol. The highest BCUT2D eigenvalue weighted by atomic mass is 16.7. The summed E-state index contributed by atoms with van der Waals surface area (Å²) in [5, 5.41) is 10.8. The van der Waals surface area contributed by atoms with Crippen LogP contribution in [-0.2, 0) is 28.5 Å². The molecule has 1 aromatic heterocycles. The van der Waals surface area contributed by atoms with E-state index in [0.717, 1.165) is 0 Å². The van der Waals surface area contributed by atoms with Gasteiger partial charge in [-0.15, -0.1) is 0 Å². The summed E-state index contributed by atoms with van der Waals surface area (Å²) in [7, 11) is 5.38. The van der Waals surface area contributed by atoms with Gasteiger partial charge >= 0.3 is 11.9 Å². The summed E-state index contributed by atoms with van der Waals surface area (Å²) in [5.41, 5.74) is 2.53. The smallest absolute Gasteiger partial charge is 0.336 e. The predicted octanol–water partition coefficient (Wildman–Crippen LogP) is 1.40. The molecule has 2 aromatic rings. The lowest BCUT2D eigenvalue weighted by Gasteiger charge is -2.33. The van der Waals surface area contributed by atoms with Crippen LogP contribution in [0.1, 0.15) is 18.4 Å². The average molecular weight is 403 g/mol. The molecule has 29 heavy (non-hydrogen) atoms. The Kier molecular flexibility index (Phi) is 5.95. The van der Waals surface area contributed by atoms with Crippen LogP contribution in [0.4, 0.5) is 0 Å². The molecule has 3 rings (SSSR count). The molecule has 0 spiro atoms. The highest BCUT2D eigenvalue weighted by molar-refractivity contribution is 6.01. The quantitative estimate of drug-likeness (QED) is 0.559. The minimum absolute atomic E-state index is 0.128. The molecule has 1 unspecified atom stereocenters. The van der Waals surface area contributed by atoms with Crippen molar-refractivity contribution in [2.75, 3.05) is 28.4 Å². The van der Waals surface area contributed by atoms with Gasteiger partial charge in [0, 0.05) is 19.9 Å². The molecular formula is C19H21N3O7. The van der Waals surface area contributed by atoms with Gasteiger partial charge in [0.2, 0.25) is 0 Å². The van der Waals surface area contributed by atoms with Crippen molar-refractivity contribution in [2.24, 2.45) is 0 Å². The number of allylic oxidation sites excluding steroid dienone is 1. The van der Waals surface area contributed by atoms with Gasteiger partial charge in [-0.05, 0) is 28.9 Å². The number of nitrogens with one attached hydrogen (secondary N) is 1. The third-order valence-electron chi connectivity index (χ3n) is 4.70. The minimum Gasteiger partial charge on any atom is -0.466 e. The van der Waals surface area contributed by atoms with Gasteiger partial charge in [0.15, 0.2) is 6.29 Å². The number of benzene rings is 1. The molecule has 0 saturated carbocycles. The standard InChI is InChI=1S/C19H21N3O7/c1-9-12(17(23)25-2)13(10-7-6-8-11-15(10)22-29-21-11)14(18(24)26-3)16(20-9)19(27-4)28-5/h6-8,13,19-20H,1-5H3. The molecule has 0 bridgehead atoms. The van der Waals surface area contributed by atoms with Gasteiger partial charge in [0.05, 0.1) is 37.0 Å². The van der Waals surface area contributed by atoms with Crippen LogP contribution in [-0.4, -0.2) is 57.0 Å². The van der Waals surface area contributed by atoms with Crippen molar-refractivity contribution in [3.63, 3.8) is 0 Å². The molecule has 154 valence electrons. The first kappa shape index (κ1) is 20.5. The Labute approximate surface area is 166 Å². The molecule has 1 aliphatic heterocycles. The van der Waals surface area contributed by atoms with E-state index >= 15 is 0 Å². The fraction of sp³-hybridized carbons (Fsp3) is 0.368. The van der Waals surface area contributed by atoms with Gasteiger partial charge in [-0.1, -0.05) is 12.1 Å². The van der Waals surface area contributed by atoms with Gasteiger partial charge in [-0.3, -0.25) is 0 Å². The number of hydrogen-bond donors (Lipinski definition) is 1. The van der Waals surface area contributed by atoms with Crippen LogP contribution in [0.2, 0.25) is 0 Å². The molecule has 1 N–H and O–H groups in total. The summed E-state index contributed by atoms with van der Waals surface area (Å²) in [6.07, 6.45) is -0.907. The second kappa shape index (κ2) is 8.41. The number of rotatable bonds is 6. The average Bonchev–Trinajstić information content (AvgIpc) is 3.22. The molecule has 1 aliphatic rings. The zero-order valence-corrected chi connectivity index (χ0v) is 16.6. The summed E-state index contributed by atoms with van der Waals surface area (Å²) in [5.74, 6) is -2.16. The third-order valence-corrected chi connectivity index (χ3v) is 4.70. The Morgan fingerprint density at radius 3 is 2.31 bits per heavy atom. The molecule has 0 radical (unpaired) electrons. The fourth-order valence-corrected chi connectivity index (χ4v) is 3.46.